The van der Waals surface area contributed by atoms with E-state index >= 15 is 0 Å². The maximum Gasteiger partial charge on any atom is 0.402 e. The minimum absolute atomic E-state index is 0.195. The van der Waals surface area contributed by atoms with Gasteiger partial charge in [-0.3, -0.25) is 14.6 Å². The van der Waals surface area contributed by atoms with Gasteiger partial charge in [-0.25, -0.2) is 13.9 Å². The number of imide groups is 1. The first-order chi connectivity index (χ1) is 9.93. The predicted molar refractivity (Wildman–Crippen MR) is 76.5 cm³/mol. The molecule has 0 saturated carbocycles. The molecule has 7 nitrogen and oxygen atoms in total. The lowest BCUT2D eigenvalue weighted by Crippen LogP contribution is -2.57. The Labute approximate surface area is 123 Å². The van der Waals surface area contributed by atoms with Crippen molar-refractivity contribution in [2.75, 3.05) is 13.6 Å². The minimum Gasteiger partial charge on any atom is -0.270 e. The van der Waals surface area contributed by atoms with E-state index in [-0.39, 0.29) is 11.9 Å². The highest BCUT2D eigenvalue weighted by Crippen LogP contribution is 2.34. The maximum absolute atomic E-state index is 12.7. The summed E-state index contributed by atoms with van der Waals surface area (Å²) in [7, 11) is 1.67. The molecule has 2 aliphatic heterocycles. The van der Waals surface area contributed by atoms with Crippen molar-refractivity contribution in [1.82, 2.24) is 14.4 Å². The molecule has 0 radical (unpaired) electrons. The van der Waals surface area contributed by atoms with Crippen molar-refractivity contribution in [1.29, 1.82) is 0 Å². The van der Waals surface area contributed by atoms with Crippen molar-refractivity contribution < 1.29 is 14.2 Å². The van der Waals surface area contributed by atoms with Gasteiger partial charge < -0.3 is 0 Å². The van der Waals surface area contributed by atoms with Gasteiger partial charge in [-0.05, 0) is 27.7 Å². The Morgan fingerprint density at radius 1 is 1.24 bits per heavy atom. The molecule has 0 spiro atoms. The number of hydrogen-bond acceptors (Lipinski definition) is 3. The molecule has 1 fully saturated rings. The molecule has 1 aromatic heterocycles. The van der Waals surface area contributed by atoms with Crippen LogP contribution in [0, 0.1) is 13.8 Å². The van der Waals surface area contributed by atoms with E-state index in [4.69, 9.17) is 0 Å². The number of nitrogens with zero attached hydrogens (tertiary/aromatic N) is 5. The number of amides is 3. The first-order valence-electron chi connectivity index (χ1n) is 7.22. The van der Waals surface area contributed by atoms with Gasteiger partial charge in [-0.2, -0.15) is 0 Å². The average molecular weight is 290 g/mol. The molecule has 0 aromatic carbocycles. The number of rotatable bonds is 2. The summed E-state index contributed by atoms with van der Waals surface area (Å²) in [6.07, 6.45) is 0. The lowest BCUT2D eigenvalue weighted by atomic mass is 10.1. The summed E-state index contributed by atoms with van der Waals surface area (Å²) < 4.78 is 4.02. The number of aliphatic imine (C=N–C) groups is 1. The number of carbonyl (C=O) groups excluding carboxylic acids is 2. The number of hydrogen-bond donors (Lipinski definition) is 0. The number of fused-ring (bicyclic) bond motifs is 3. The van der Waals surface area contributed by atoms with Crippen LogP contribution in [0.15, 0.2) is 4.99 Å². The molecule has 0 aliphatic carbocycles. The van der Waals surface area contributed by atoms with Crippen molar-refractivity contribution in [2.45, 2.75) is 40.3 Å². The quantitative estimate of drug-likeness (QED) is 0.760. The zero-order valence-electron chi connectivity index (χ0n) is 13.0. The fraction of sp³-hybridized carbons (Fsp3) is 0.571. The van der Waals surface area contributed by atoms with Crippen molar-refractivity contribution >= 4 is 23.7 Å². The Balaban J connectivity index is 2.22. The van der Waals surface area contributed by atoms with Crippen molar-refractivity contribution in [2.24, 2.45) is 4.99 Å². The van der Waals surface area contributed by atoms with Crippen LogP contribution in [0.4, 0.5) is 10.7 Å². The van der Waals surface area contributed by atoms with E-state index in [0.717, 1.165) is 23.9 Å². The molecule has 7 heteroatoms. The van der Waals surface area contributed by atoms with Crippen LogP contribution >= 0.6 is 0 Å². The third kappa shape index (κ3) is 1.54. The zero-order chi connectivity index (χ0) is 15.5. The molecular weight excluding hydrogens is 270 g/mol. The Morgan fingerprint density at radius 2 is 1.90 bits per heavy atom. The van der Waals surface area contributed by atoms with Gasteiger partial charge in [0, 0.05) is 13.6 Å². The van der Waals surface area contributed by atoms with E-state index in [0.29, 0.717) is 12.4 Å². The largest absolute Gasteiger partial charge is 0.402 e. The molecule has 1 unspecified atom stereocenters. The summed E-state index contributed by atoms with van der Waals surface area (Å²) in [5.41, 5.74) is 2.12. The van der Waals surface area contributed by atoms with Gasteiger partial charge in [-0.15, -0.1) is 0 Å². The normalized spacial score (nSPS) is 20.8. The number of carbonyl (C=O) groups is 2. The molecule has 112 valence electrons. The second kappa shape index (κ2) is 4.41. The summed E-state index contributed by atoms with van der Waals surface area (Å²) >= 11 is 0. The molecule has 0 N–H and O–H groups in total. The van der Waals surface area contributed by atoms with Crippen molar-refractivity contribution in [3.63, 3.8) is 0 Å². The van der Waals surface area contributed by atoms with Crippen LogP contribution in [-0.4, -0.2) is 45.7 Å². The van der Waals surface area contributed by atoms with Gasteiger partial charge in [0.15, 0.2) is 0 Å². The predicted octanol–water partition coefficient (Wildman–Crippen LogP) is 0.911. The van der Waals surface area contributed by atoms with Gasteiger partial charge in [-0.1, -0.05) is 4.99 Å². The smallest absolute Gasteiger partial charge is 0.270 e. The van der Waals surface area contributed by atoms with E-state index in [1.165, 1.54) is 9.80 Å². The second-order valence-corrected chi connectivity index (χ2v) is 5.38. The molecule has 3 rings (SSSR count). The molecule has 1 saturated heterocycles. The summed E-state index contributed by atoms with van der Waals surface area (Å²) in [6.45, 7) is 9.02. The van der Waals surface area contributed by atoms with E-state index in [2.05, 4.69) is 9.56 Å². The highest BCUT2D eigenvalue weighted by Gasteiger charge is 2.53. The lowest BCUT2D eigenvalue weighted by Gasteiger charge is -2.32. The van der Waals surface area contributed by atoms with Gasteiger partial charge in [0.25, 0.3) is 5.91 Å². The molecule has 1 aromatic rings. The Morgan fingerprint density at radius 3 is 2.48 bits per heavy atom. The van der Waals surface area contributed by atoms with E-state index in [1.54, 1.807) is 7.05 Å². The number of imidazole rings is 1. The first-order valence-corrected chi connectivity index (χ1v) is 7.22. The van der Waals surface area contributed by atoms with Gasteiger partial charge in [0.2, 0.25) is 11.9 Å². The number of likely N-dealkylation sites (N-methyl/N-ethyl adjacent to an activating group) is 2. The van der Waals surface area contributed by atoms with Crippen LogP contribution in [0.2, 0.25) is 0 Å². The number of aromatic nitrogens is 2. The van der Waals surface area contributed by atoms with Crippen molar-refractivity contribution in [3.8, 4) is 0 Å². The Kier molecular flexibility index (Phi) is 2.89. The van der Waals surface area contributed by atoms with E-state index in [1.807, 2.05) is 32.3 Å². The molecular formula is C14H20N5O2+. The molecule has 3 amide bonds. The van der Waals surface area contributed by atoms with Gasteiger partial charge >= 0.3 is 12.0 Å². The van der Waals surface area contributed by atoms with Gasteiger partial charge in [0.05, 0.1) is 6.54 Å². The Hall–Kier alpha value is -2.18. The van der Waals surface area contributed by atoms with Crippen LogP contribution in [-0.2, 0) is 11.3 Å². The van der Waals surface area contributed by atoms with E-state index < -0.39 is 6.04 Å². The summed E-state index contributed by atoms with van der Waals surface area (Å²) in [5.74, 6) is 1.08. The third-order valence-corrected chi connectivity index (χ3v) is 4.46. The molecule has 1 atom stereocenters. The highest BCUT2D eigenvalue weighted by atomic mass is 16.2. The minimum atomic E-state index is -0.519. The summed E-state index contributed by atoms with van der Waals surface area (Å²) in [5, 5.41) is 0. The molecule has 21 heavy (non-hydrogen) atoms. The average Bonchev–Trinajstić information content (AvgIpc) is 2.95. The van der Waals surface area contributed by atoms with Crippen LogP contribution in [0.25, 0.3) is 0 Å². The standard InChI is InChI=1S/C14H20N5O2/c1-6-17-8(3)9(4)19-10-11(15-13(17)19)16(5)14(21)18(7-2)12(10)20/h10H,6-7H2,1-5H3/q+1. The fourth-order valence-corrected chi connectivity index (χ4v) is 3.17. The second-order valence-electron chi connectivity index (χ2n) is 5.38. The first kappa shape index (κ1) is 13.8. The van der Waals surface area contributed by atoms with Crippen LogP contribution < -0.4 is 4.57 Å². The summed E-state index contributed by atoms with van der Waals surface area (Å²) in [4.78, 5) is 32.3. The summed E-state index contributed by atoms with van der Waals surface area (Å²) in [6, 6.07) is -0.824. The lowest BCUT2D eigenvalue weighted by molar-refractivity contribution is -0.685. The number of urea groups is 1. The maximum atomic E-state index is 12.7. The molecule has 2 aliphatic rings. The van der Waals surface area contributed by atoms with Gasteiger partial charge in [0.1, 0.15) is 11.4 Å². The third-order valence-electron chi connectivity index (χ3n) is 4.46. The van der Waals surface area contributed by atoms with Crippen LogP contribution in [0.1, 0.15) is 31.3 Å². The Bertz CT molecular complexity index is 688. The molecule has 0 bridgehead atoms. The van der Waals surface area contributed by atoms with E-state index in [9.17, 15) is 9.59 Å². The zero-order valence-corrected chi connectivity index (χ0v) is 13.0. The highest BCUT2D eigenvalue weighted by molar-refractivity contribution is 6.20. The van der Waals surface area contributed by atoms with Crippen LogP contribution in [0.5, 0.6) is 0 Å². The molecule has 3 heterocycles. The fourth-order valence-electron chi connectivity index (χ4n) is 3.17. The topological polar surface area (TPSA) is 61.8 Å². The van der Waals surface area contributed by atoms with Crippen molar-refractivity contribution in [3.05, 3.63) is 11.4 Å². The monoisotopic (exact) mass is 290 g/mol. The SMILES string of the molecule is CCN1C(=O)C2C(=Nc3n2c(C)c(C)[n+]3CC)N(C)C1=O. The number of amidine groups is 1. The van der Waals surface area contributed by atoms with Crippen LogP contribution in [0.3, 0.4) is 0 Å².